The van der Waals surface area contributed by atoms with Gasteiger partial charge in [-0.25, -0.2) is 0 Å². The van der Waals surface area contributed by atoms with Crippen LogP contribution in [0.3, 0.4) is 0 Å². The van der Waals surface area contributed by atoms with Crippen LogP contribution in [0.15, 0.2) is 18.2 Å². The number of nitrogens with one attached hydrogen (secondary N) is 1. The van der Waals surface area contributed by atoms with Gasteiger partial charge in [-0.05, 0) is 12.1 Å². The standard InChI is InChI=1S/C13H16ClN3S/c14-12-2-1-3-13(11(12)10-15)16-4-5-17-6-8-18-9-7-17/h1-3,16H,4-9H2. The maximum atomic E-state index is 9.06. The molecule has 0 amide bonds. The van der Waals surface area contributed by atoms with Crippen LogP contribution in [-0.2, 0) is 0 Å². The summed E-state index contributed by atoms with van der Waals surface area (Å²) in [7, 11) is 0. The molecule has 1 fully saturated rings. The molecule has 3 nitrogen and oxygen atoms in total. The Hall–Kier alpha value is -0.890. The first-order valence-electron chi connectivity index (χ1n) is 6.04. The number of hydrogen-bond acceptors (Lipinski definition) is 4. The summed E-state index contributed by atoms with van der Waals surface area (Å²) in [5, 5.41) is 12.9. The van der Waals surface area contributed by atoms with E-state index in [1.165, 1.54) is 11.5 Å². The smallest absolute Gasteiger partial charge is 0.103 e. The van der Waals surface area contributed by atoms with Gasteiger partial charge in [-0.1, -0.05) is 17.7 Å². The maximum Gasteiger partial charge on any atom is 0.103 e. The van der Waals surface area contributed by atoms with Crippen LogP contribution in [-0.4, -0.2) is 42.6 Å². The average Bonchev–Trinajstić information content (AvgIpc) is 2.40. The van der Waals surface area contributed by atoms with Crippen LogP contribution in [0.25, 0.3) is 0 Å². The van der Waals surface area contributed by atoms with Crippen molar-refractivity contribution in [2.24, 2.45) is 0 Å². The van der Waals surface area contributed by atoms with E-state index >= 15 is 0 Å². The lowest BCUT2D eigenvalue weighted by Crippen LogP contribution is -2.36. The molecule has 1 saturated heterocycles. The summed E-state index contributed by atoms with van der Waals surface area (Å²) in [6.07, 6.45) is 0. The second kappa shape index (κ2) is 6.89. The largest absolute Gasteiger partial charge is 0.383 e. The van der Waals surface area contributed by atoms with Gasteiger partial charge in [-0.2, -0.15) is 17.0 Å². The van der Waals surface area contributed by atoms with Gasteiger partial charge < -0.3 is 5.32 Å². The highest BCUT2D eigenvalue weighted by Crippen LogP contribution is 2.23. The summed E-state index contributed by atoms with van der Waals surface area (Å²) < 4.78 is 0. The molecule has 2 rings (SSSR count). The third-order valence-electron chi connectivity index (χ3n) is 2.97. The van der Waals surface area contributed by atoms with Crippen LogP contribution in [0.1, 0.15) is 5.56 Å². The number of thioether (sulfide) groups is 1. The van der Waals surface area contributed by atoms with Crippen molar-refractivity contribution in [3.8, 4) is 6.07 Å². The fraction of sp³-hybridized carbons (Fsp3) is 0.462. The molecule has 1 heterocycles. The summed E-state index contributed by atoms with van der Waals surface area (Å²) in [5.74, 6) is 2.45. The Bertz CT molecular complexity index is 438. The second-order valence-electron chi connectivity index (χ2n) is 4.15. The van der Waals surface area contributed by atoms with Crippen molar-refractivity contribution in [2.75, 3.05) is 43.0 Å². The van der Waals surface area contributed by atoms with Crippen molar-refractivity contribution in [3.63, 3.8) is 0 Å². The molecule has 0 radical (unpaired) electrons. The normalized spacial score (nSPS) is 16.2. The highest BCUT2D eigenvalue weighted by Gasteiger charge is 2.10. The van der Waals surface area contributed by atoms with Gasteiger partial charge in [0.15, 0.2) is 0 Å². The Morgan fingerprint density at radius 2 is 2.17 bits per heavy atom. The van der Waals surface area contributed by atoms with Crippen molar-refractivity contribution < 1.29 is 0 Å². The molecule has 1 N–H and O–H groups in total. The number of halogens is 1. The second-order valence-corrected chi connectivity index (χ2v) is 5.79. The van der Waals surface area contributed by atoms with Gasteiger partial charge in [0.2, 0.25) is 0 Å². The SMILES string of the molecule is N#Cc1c(Cl)cccc1NCCN1CCSCC1. The summed E-state index contributed by atoms with van der Waals surface area (Å²) in [6.45, 7) is 4.18. The first kappa shape index (κ1) is 13.5. The molecule has 0 saturated carbocycles. The summed E-state index contributed by atoms with van der Waals surface area (Å²) in [5.41, 5.74) is 1.37. The van der Waals surface area contributed by atoms with Crippen molar-refractivity contribution >= 4 is 29.1 Å². The van der Waals surface area contributed by atoms with E-state index < -0.39 is 0 Å². The maximum absolute atomic E-state index is 9.06. The molecule has 1 aromatic carbocycles. The van der Waals surface area contributed by atoms with Crippen LogP contribution in [0.2, 0.25) is 5.02 Å². The molecule has 0 unspecified atom stereocenters. The predicted octanol–water partition coefficient (Wildman–Crippen LogP) is 2.67. The van der Waals surface area contributed by atoms with Crippen molar-refractivity contribution in [1.29, 1.82) is 5.26 Å². The molecule has 96 valence electrons. The number of nitrogens with zero attached hydrogens (tertiary/aromatic N) is 2. The van der Waals surface area contributed by atoms with Gasteiger partial charge in [0.05, 0.1) is 16.3 Å². The quantitative estimate of drug-likeness (QED) is 0.921. The Morgan fingerprint density at radius 3 is 2.89 bits per heavy atom. The van der Waals surface area contributed by atoms with E-state index in [0.717, 1.165) is 31.9 Å². The van der Waals surface area contributed by atoms with E-state index in [2.05, 4.69) is 16.3 Å². The highest BCUT2D eigenvalue weighted by atomic mass is 35.5. The van der Waals surface area contributed by atoms with E-state index in [9.17, 15) is 0 Å². The van der Waals surface area contributed by atoms with Crippen LogP contribution in [0, 0.1) is 11.3 Å². The van der Waals surface area contributed by atoms with Crippen molar-refractivity contribution in [1.82, 2.24) is 4.90 Å². The summed E-state index contributed by atoms with van der Waals surface area (Å²) in [6, 6.07) is 7.65. The van der Waals surface area contributed by atoms with E-state index in [4.69, 9.17) is 16.9 Å². The molecule has 0 bridgehead atoms. The number of rotatable bonds is 4. The third kappa shape index (κ3) is 3.55. The minimum atomic E-state index is 0.511. The Labute approximate surface area is 117 Å². The first-order chi connectivity index (χ1) is 8.81. The van der Waals surface area contributed by atoms with Gasteiger partial charge >= 0.3 is 0 Å². The van der Waals surface area contributed by atoms with Gasteiger partial charge in [0, 0.05) is 37.7 Å². The zero-order chi connectivity index (χ0) is 12.8. The number of anilines is 1. The molecule has 1 aromatic rings. The van der Waals surface area contributed by atoms with Crippen LogP contribution < -0.4 is 5.32 Å². The highest BCUT2D eigenvalue weighted by molar-refractivity contribution is 7.99. The van der Waals surface area contributed by atoms with E-state index in [1.54, 1.807) is 6.07 Å². The Morgan fingerprint density at radius 1 is 1.39 bits per heavy atom. The lowest BCUT2D eigenvalue weighted by atomic mass is 10.2. The molecule has 18 heavy (non-hydrogen) atoms. The fourth-order valence-electron chi connectivity index (χ4n) is 1.96. The topological polar surface area (TPSA) is 39.1 Å². The van der Waals surface area contributed by atoms with Gasteiger partial charge in [-0.15, -0.1) is 0 Å². The molecule has 0 aromatic heterocycles. The van der Waals surface area contributed by atoms with Crippen molar-refractivity contribution in [3.05, 3.63) is 28.8 Å². The molecule has 0 spiro atoms. The van der Waals surface area contributed by atoms with Gasteiger partial charge in [0.25, 0.3) is 0 Å². The number of hydrogen-bond donors (Lipinski definition) is 1. The van der Waals surface area contributed by atoms with E-state index in [1.807, 2.05) is 23.9 Å². The van der Waals surface area contributed by atoms with Gasteiger partial charge in [-0.3, -0.25) is 4.90 Å². The third-order valence-corrected chi connectivity index (χ3v) is 4.23. The van der Waals surface area contributed by atoms with Crippen molar-refractivity contribution in [2.45, 2.75) is 0 Å². The number of nitriles is 1. The predicted molar refractivity (Wildman–Crippen MR) is 78.4 cm³/mol. The monoisotopic (exact) mass is 281 g/mol. The molecule has 0 atom stereocenters. The van der Waals surface area contributed by atoms with E-state index in [-0.39, 0.29) is 0 Å². The zero-order valence-electron chi connectivity index (χ0n) is 10.2. The van der Waals surface area contributed by atoms with Crippen LogP contribution >= 0.6 is 23.4 Å². The van der Waals surface area contributed by atoms with Gasteiger partial charge in [0.1, 0.15) is 6.07 Å². The lowest BCUT2D eigenvalue weighted by Gasteiger charge is -2.26. The minimum absolute atomic E-state index is 0.511. The Balaban J connectivity index is 1.86. The molecule has 1 aliphatic heterocycles. The summed E-state index contributed by atoms with van der Waals surface area (Å²) in [4.78, 5) is 2.44. The zero-order valence-corrected chi connectivity index (χ0v) is 11.7. The first-order valence-corrected chi connectivity index (χ1v) is 7.57. The average molecular weight is 282 g/mol. The Kier molecular flexibility index (Phi) is 5.18. The molecular formula is C13H16ClN3S. The molecule has 5 heteroatoms. The molecule has 0 aliphatic carbocycles. The van der Waals surface area contributed by atoms with Crippen LogP contribution in [0.4, 0.5) is 5.69 Å². The fourth-order valence-corrected chi connectivity index (χ4v) is 3.15. The summed E-state index contributed by atoms with van der Waals surface area (Å²) >= 11 is 8.00. The van der Waals surface area contributed by atoms with E-state index in [0.29, 0.717) is 10.6 Å². The lowest BCUT2D eigenvalue weighted by molar-refractivity contribution is 0.314. The molecular weight excluding hydrogens is 266 g/mol. The van der Waals surface area contributed by atoms with Crippen LogP contribution in [0.5, 0.6) is 0 Å². The molecule has 1 aliphatic rings. The minimum Gasteiger partial charge on any atom is -0.383 e. The number of benzene rings is 1.